The van der Waals surface area contributed by atoms with Gasteiger partial charge in [-0.25, -0.2) is 0 Å². The Morgan fingerprint density at radius 1 is 1.05 bits per heavy atom. The molecule has 4 N–H and O–H groups in total. The maximum atomic E-state index is 11.0. The fraction of sp³-hybridized carbons (Fsp3) is 0. The average Bonchev–Trinajstić information content (AvgIpc) is 2.51. The molecule has 3 rings (SSSR count). The molecule has 2 aromatic carbocycles. The van der Waals surface area contributed by atoms with Crippen molar-refractivity contribution in [1.82, 2.24) is 4.98 Å². The SMILES string of the molecule is NC(=O)c1ccc(Oc2ccc3cnccc3c2N)cc1. The highest BCUT2D eigenvalue weighted by molar-refractivity contribution is 5.95. The Morgan fingerprint density at radius 3 is 2.52 bits per heavy atom. The number of rotatable bonds is 3. The molecule has 0 aliphatic rings. The molecule has 3 aromatic rings. The summed E-state index contributed by atoms with van der Waals surface area (Å²) in [6, 6.07) is 12.1. The molecule has 21 heavy (non-hydrogen) atoms. The molecular weight excluding hydrogens is 266 g/mol. The lowest BCUT2D eigenvalue weighted by Gasteiger charge is -2.10. The molecule has 5 heteroatoms. The van der Waals surface area contributed by atoms with Crippen LogP contribution in [0.4, 0.5) is 5.69 Å². The molecule has 104 valence electrons. The summed E-state index contributed by atoms with van der Waals surface area (Å²) in [7, 11) is 0. The molecular formula is C16H13N3O2. The Morgan fingerprint density at radius 2 is 1.81 bits per heavy atom. The van der Waals surface area contributed by atoms with E-state index in [1.165, 1.54) is 0 Å². The lowest BCUT2D eigenvalue weighted by molar-refractivity contribution is 0.100. The number of amides is 1. The number of fused-ring (bicyclic) bond motifs is 1. The zero-order valence-electron chi connectivity index (χ0n) is 11.1. The van der Waals surface area contributed by atoms with Gasteiger partial charge in [0.1, 0.15) is 5.75 Å². The highest BCUT2D eigenvalue weighted by Crippen LogP contribution is 2.33. The Hall–Kier alpha value is -3.08. The number of nitrogens with two attached hydrogens (primary N) is 2. The molecule has 0 radical (unpaired) electrons. The Labute approximate surface area is 121 Å². The molecule has 0 bridgehead atoms. The van der Waals surface area contributed by atoms with Crippen molar-refractivity contribution < 1.29 is 9.53 Å². The summed E-state index contributed by atoms with van der Waals surface area (Å²) in [6.45, 7) is 0. The van der Waals surface area contributed by atoms with Crippen LogP contribution < -0.4 is 16.2 Å². The zero-order chi connectivity index (χ0) is 14.8. The molecule has 0 aliphatic carbocycles. The Bertz CT molecular complexity index is 813. The molecule has 1 amide bonds. The van der Waals surface area contributed by atoms with E-state index in [9.17, 15) is 4.79 Å². The van der Waals surface area contributed by atoms with Crippen LogP contribution >= 0.6 is 0 Å². The van der Waals surface area contributed by atoms with E-state index < -0.39 is 5.91 Å². The maximum Gasteiger partial charge on any atom is 0.248 e. The summed E-state index contributed by atoms with van der Waals surface area (Å²) in [4.78, 5) is 15.1. The van der Waals surface area contributed by atoms with Gasteiger partial charge < -0.3 is 16.2 Å². The number of anilines is 1. The number of carbonyl (C=O) groups excluding carboxylic acids is 1. The quantitative estimate of drug-likeness (QED) is 0.721. The van der Waals surface area contributed by atoms with Gasteiger partial charge in [-0.15, -0.1) is 0 Å². The van der Waals surface area contributed by atoms with Crippen LogP contribution in [-0.2, 0) is 0 Å². The lowest BCUT2D eigenvalue weighted by Crippen LogP contribution is -2.10. The first-order valence-corrected chi connectivity index (χ1v) is 6.35. The van der Waals surface area contributed by atoms with E-state index >= 15 is 0 Å². The topological polar surface area (TPSA) is 91.2 Å². The van der Waals surface area contributed by atoms with Crippen molar-refractivity contribution in [2.24, 2.45) is 5.73 Å². The van der Waals surface area contributed by atoms with E-state index in [2.05, 4.69) is 4.98 Å². The fourth-order valence-electron chi connectivity index (χ4n) is 2.08. The number of aromatic nitrogens is 1. The summed E-state index contributed by atoms with van der Waals surface area (Å²) in [6.07, 6.45) is 3.43. The molecule has 0 aliphatic heterocycles. The van der Waals surface area contributed by atoms with Gasteiger partial charge >= 0.3 is 0 Å². The molecule has 5 nitrogen and oxygen atoms in total. The normalized spacial score (nSPS) is 10.5. The third-order valence-electron chi connectivity index (χ3n) is 3.19. The van der Waals surface area contributed by atoms with E-state index in [-0.39, 0.29) is 0 Å². The van der Waals surface area contributed by atoms with Crippen LogP contribution in [0.2, 0.25) is 0 Å². The summed E-state index contributed by atoms with van der Waals surface area (Å²) >= 11 is 0. The predicted octanol–water partition coefficient (Wildman–Crippen LogP) is 2.71. The van der Waals surface area contributed by atoms with Gasteiger partial charge in [0.2, 0.25) is 5.91 Å². The molecule has 0 saturated carbocycles. The minimum absolute atomic E-state index is 0.430. The van der Waals surface area contributed by atoms with Crippen molar-refractivity contribution in [2.75, 3.05) is 5.73 Å². The van der Waals surface area contributed by atoms with Crippen LogP contribution in [0.3, 0.4) is 0 Å². The number of hydrogen-bond acceptors (Lipinski definition) is 4. The van der Waals surface area contributed by atoms with Crippen molar-refractivity contribution in [2.45, 2.75) is 0 Å². The van der Waals surface area contributed by atoms with E-state index in [1.54, 1.807) is 42.7 Å². The highest BCUT2D eigenvalue weighted by Gasteiger charge is 2.07. The highest BCUT2D eigenvalue weighted by atomic mass is 16.5. The second kappa shape index (κ2) is 5.13. The van der Waals surface area contributed by atoms with Gasteiger partial charge in [0, 0.05) is 28.7 Å². The van der Waals surface area contributed by atoms with Crippen LogP contribution in [0, 0.1) is 0 Å². The van der Waals surface area contributed by atoms with Crippen molar-refractivity contribution in [3.63, 3.8) is 0 Å². The van der Waals surface area contributed by atoms with Crippen molar-refractivity contribution in [3.8, 4) is 11.5 Å². The van der Waals surface area contributed by atoms with Crippen LogP contribution in [-0.4, -0.2) is 10.9 Å². The number of hydrogen-bond donors (Lipinski definition) is 2. The van der Waals surface area contributed by atoms with E-state index in [1.807, 2.05) is 12.1 Å². The number of ether oxygens (including phenoxy) is 1. The number of primary amides is 1. The van der Waals surface area contributed by atoms with Crippen LogP contribution in [0.5, 0.6) is 11.5 Å². The van der Waals surface area contributed by atoms with Gasteiger partial charge in [-0.1, -0.05) is 0 Å². The Kier molecular flexibility index (Phi) is 3.16. The van der Waals surface area contributed by atoms with Gasteiger partial charge in [0.25, 0.3) is 0 Å². The van der Waals surface area contributed by atoms with Crippen molar-refractivity contribution in [3.05, 3.63) is 60.4 Å². The molecule has 0 fully saturated rings. The molecule has 0 atom stereocenters. The Balaban J connectivity index is 1.94. The van der Waals surface area contributed by atoms with Gasteiger partial charge in [-0.05, 0) is 42.5 Å². The van der Waals surface area contributed by atoms with Gasteiger partial charge in [0.05, 0.1) is 5.69 Å². The molecule has 1 heterocycles. The second-order valence-electron chi connectivity index (χ2n) is 4.56. The van der Waals surface area contributed by atoms with Gasteiger partial charge in [0.15, 0.2) is 5.75 Å². The standard InChI is InChI=1S/C16H13N3O2/c17-15-13-7-8-19-9-11(13)3-6-14(15)21-12-4-1-10(2-5-12)16(18)20/h1-9H,17H2,(H2,18,20). The third-order valence-corrected chi connectivity index (χ3v) is 3.19. The van der Waals surface area contributed by atoms with Crippen LogP contribution in [0.25, 0.3) is 10.8 Å². The number of pyridine rings is 1. The summed E-state index contributed by atoms with van der Waals surface area (Å²) < 4.78 is 5.75. The van der Waals surface area contributed by atoms with Crippen molar-refractivity contribution in [1.29, 1.82) is 0 Å². The van der Waals surface area contributed by atoms with E-state index in [0.29, 0.717) is 22.7 Å². The monoisotopic (exact) mass is 279 g/mol. The maximum absolute atomic E-state index is 11.0. The van der Waals surface area contributed by atoms with Gasteiger partial charge in [-0.2, -0.15) is 0 Å². The van der Waals surface area contributed by atoms with Crippen LogP contribution in [0.1, 0.15) is 10.4 Å². The van der Waals surface area contributed by atoms with E-state index in [0.717, 1.165) is 10.8 Å². The smallest absolute Gasteiger partial charge is 0.248 e. The molecule has 1 aromatic heterocycles. The first kappa shape index (κ1) is 12.9. The van der Waals surface area contributed by atoms with Gasteiger partial charge in [-0.3, -0.25) is 9.78 Å². The average molecular weight is 279 g/mol. The number of benzene rings is 2. The largest absolute Gasteiger partial charge is 0.455 e. The molecule has 0 spiro atoms. The zero-order valence-corrected chi connectivity index (χ0v) is 11.1. The predicted molar refractivity (Wildman–Crippen MR) is 81.2 cm³/mol. The summed E-state index contributed by atoms with van der Waals surface area (Å²) in [5.41, 5.74) is 12.3. The summed E-state index contributed by atoms with van der Waals surface area (Å²) in [5.74, 6) is 0.667. The third kappa shape index (κ3) is 2.49. The first-order valence-electron chi connectivity index (χ1n) is 6.35. The molecule has 0 unspecified atom stereocenters. The van der Waals surface area contributed by atoms with Crippen LogP contribution in [0.15, 0.2) is 54.9 Å². The number of carbonyl (C=O) groups is 1. The number of nitrogens with zero attached hydrogens (tertiary/aromatic N) is 1. The summed E-state index contributed by atoms with van der Waals surface area (Å²) in [5, 5.41) is 1.84. The van der Waals surface area contributed by atoms with E-state index in [4.69, 9.17) is 16.2 Å². The fourth-order valence-corrected chi connectivity index (χ4v) is 2.08. The minimum atomic E-state index is -0.473. The van der Waals surface area contributed by atoms with Crippen molar-refractivity contribution >= 4 is 22.4 Å². The first-order chi connectivity index (χ1) is 10.1. The molecule has 0 saturated heterocycles. The number of nitrogen functional groups attached to an aromatic ring is 1. The second-order valence-corrected chi connectivity index (χ2v) is 4.56. The minimum Gasteiger partial charge on any atom is -0.455 e. The lowest BCUT2D eigenvalue weighted by atomic mass is 10.1.